The lowest BCUT2D eigenvalue weighted by molar-refractivity contribution is -0.119. The molecule has 1 aromatic heterocycles. The predicted octanol–water partition coefficient (Wildman–Crippen LogP) is 1.12. The standard InChI is InChI=1S/C14H24N4O/c1-5-16-13(19)9-18(6-2)14-12(8-15)10(3)7-11(4)17-14/h7H,5-6,8-9,15H2,1-4H3,(H,16,19). The van der Waals surface area contributed by atoms with Crippen LogP contribution in [0.25, 0.3) is 0 Å². The highest BCUT2D eigenvalue weighted by Gasteiger charge is 2.16. The zero-order valence-corrected chi connectivity index (χ0v) is 12.3. The van der Waals surface area contributed by atoms with Crippen LogP contribution in [0, 0.1) is 13.8 Å². The number of amides is 1. The summed E-state index contributed by atoms with van der Waals surface area (Å²) in [5.41, 5.74) is 8.90. The van der Waals surface area contributed by atoms with Crippen LogP contribution < -0.4 is 16.0 Å². The molecule has 0 saturated carbocycles. The Labute approximate surface area is 115 Å². The first kappa shape index (κ1) is 15.4. The molecule has 5 heteroatoms. The van der Waals surface area contributed by atoms with Crippen LogP contribution in [0.5, 0.6) is 0 Å². The van der Waals surface area contributed by atoms with E-state index in [1.54, 1.807) is 0 Å². The molecule has 0 aliphatic carbocycles. The topological polar surface area (TPSA) is 71.2 Å². The second kappa shape index (κ2) is 7.09. The Hall–Kier alpha value is -1.62. The molecule has 0 aromatic carbocycles. The van der Waals surface area contributed by atoms with E-state index in [4.69, 9.17) is 5.73 Å². The molecule has 0 unspecified atom stereocenters. The highest BCUT2D eigenvalue weighted by Crippen LogP contribution is 2.21. The molecule has 0 bridgehead atoms. The molecule has 1 heterocycles. The molecular weight excluding hydrogens is 240 g/mol. The first-order valence-corrected chi connectivity index (χ1v) is 6.72. The van der Waals surface area contributed by atoms with Gasteiger partial charge in [-0.25, -0.2) is 4.98 Å². The number of nitrogens with zero attached hydrogens (tertiary/aromatic N) is 2. The van der Waals surface area contributed by atoms with Crippen molar-refractivity contribution in [3.63, 3.8) is 0 Å². The fourth-order valence-corrected chi connectivity index (χ4v) is 2.12. The number of hydrogen-bond donors (Lipinski definition) is 2. The van der Waals surface area contributed by atoms with E-state index >= 15 is 0 Å². The Morgan fingerprint density at radius 1 is 1.42 bits per heavy atom. The summed E-state index contributed by atoms with van der Waals surface area (Å²) in [6.45, 7) is 10.0. The number of carbonyl (C=O) groups is 1. The second-order valence-electron chi connectivity index (χ2n) is 4.55. The fraction of sp³-hybridized carbons (Fsp3) is 0.571. The van der Waals surface area contributed by atoms with Gasteiger partial charge in [-0.3, -0.25) is 4.79 Å². The zero-order valence-electron chi connectivity index (χ0n) is 12.3. The highest BCUT2D eigenvalue weighted by atomic mass is 16.2. The maximum Gasteiger partial charge on any atom is 0.239 e. The molecule has 5 nitrogen and oxygen atoms in total. The number of anilines is 1. The second-order valence-corrected chi connectivity index (χ2v) is 4.55. The number of hydrogen-bond acceptors (Lipinski definition) is 4. The summed E-state index contributed by atoms with van der Waals surface area (Å²) in [5, 5.41) is 2.81. The van der Waals surface area contributed by atoms with E-state index in [9.17, 15) is 4.79 Å². The minimum absolute atomic E-state index is 0.00767. The number of likely N-dealkylation sites (N-methyl/N-ethyl adjacent to an activating group) is 2. The smallest absolute Gasteiger partial charge is 0.239 e. The van der Waals surface area contributed by atoms with E-state index < -0.39 is 0 Å². The molecule has 1 aromatic rings. The normalized spacial score (nSPS) is 10.4. The predicted molar refractivity (Wildman–Crippen MR) is 78.2 cm³/mol. The molecule has 3 N–H and O–H groups in total. The molecule has 0 aliphatic heterocycles. The number of carbonyl (C=O) groups excluding carboxylic acids is 1. The fourth-order valence-electron chi connectivity index (χ4n) is 2.12. The van der Waals surface area contributed by atoms with Crippen molar-refractivity contribution in [2.75, 3.05) is 24.5 Å². The van der Waals surface area contributed by atoms with Crippen LogP contribution in [0.3, 0.4) is 0 Å². The first-order valence-electron chi connectivity index (χ1n) is 6.72. The van der Waals surface area contributed by atoms with E-state index in [1.807, 2.05) is 38.7 Å². The molecule has 106 valence electrons. The number of nitrogens with two attached hydrogens (primary N) is 1. The Morgan fingerprint density at radius 2 is 2.11 bits per heavy atom. The summed E-state index contributed by atoms with van der Waals surface area (Å²) in [6.07, 6.45) is 0. The Bertz CT molecular complexity index is 445. The van der Waals surface area contributed by atoms with E-state index in [1.165, 1.54) is 0 Å². The SMILES string of the molecule is CCNC(=O)CN(CC)c1nc(C)cc(C)c1CN. The average molecular weight is 264 g/mol. The van der Waals surface area contributed by atoms with Gasteiger partial charge in [0.2, 0.25) is 5.91 Å². The van der Waals surface area contributed by atoms with Gasteiger partial charge in [0, 0.05) is 30.9 Å². The van der Waals surface area contributed by atoms with Crippen molar-refractivity contribution in [1.82, 2.24) is 10.3 Å². The number of aryl methyl sites for hydroxylation is 2. The summed E-state index contributed by atoms with van der Waals surface area (Å²) >= 11 is 0. The van der Waals surface area contributed by atoms with Gasteiger partial charge < -0.3 is 16.0 Å². The van der Waals surface area contributed by atoms with Crippen LogP contribution in [0.15, 0.2) is 6.07 Å². The summed E-state index contributed by atoms with van der Waals surface area (Å²) in [6, 6.07) is 2.02. The van der Waals surface area contributed by atoms with Gasteiger partial charge in [-0.1, -0.05) is 0 Å². The summed E-state index contributed by atoms with van der Waals surface area (Å²) in [4.78, 5) is 18.3. The molecule has 19 heavy (non-hydrogen) atoms. The summed E-state index contributed by atoms with van der Waals surface area (Å²) < 4.78 is 0. The van der Waals surface area contributed by atoms with Gasteiger partial charge in [0.05, 0.1) is 6.54 Å². The third-order valence-corrected chi connectivity index (χ3v) is 3.05. The molecule has 0 saturated heterocycles. The van der Waals surface area contributed by atoms with Crippen LogP contribution in [0.1, 0.15) is 30.7 Å². The molecule has 0 atom stereocenters. The van der Waals surface area contributed by atoms with E-state index in [2.05, 4.69) is 10.3 Å². The molecule has 1 rings (SSSR count). The van der Waals surface area contributed by atoms with Gasteiger partial charge in [0.1, 0.15) is 5.82 Å². The molecular formula is C14H24N4O. The largest absolute Gasteiger partial charge is 0.355 e. The van der Waals surface area contributed by atoms with Crippen molar-refractivity contribution in [2.24, 2.45) is 5.73 Å². The van der Waals surface area contributed by atoms with Crippen LogP contribution in [0.4, 0.5) is 5.82 Å². The monoisotopic (exact) mass is 264 g/mol. The Balaban J connectivity index is 3.06. The van der Waals surface area contributed by atoms with E-state index in [0.29, 0.717) is 19.6 Å². The van der Waals surface area contributed by atoms with Crippen LogP contribution >= 0.6 is 0 Å². The van der Waals surface area contributed by atoms with Gasteiger partial charge in [-0.2, -0.15) is 0 Å². The molecule has 0 fully saturated rings. The van der Waals surface area contributed by atoms with Crippen molar-refractivity contribution >= 4 is 11.7 Å². The van der Waals surface area contributed by atoms with Crippen LogP contribution in [0.2, 0.25) is 0 Å². The van der Waals surface area contributed by atoms with Gasteiger partial charge in [0.15, 0.2) is 0 Å². The third kappa shape index (κ3) is 3.92. The summed E-state index contributed by atoms with van der Waals surface area (Å²) in [5.74, 6) is 0.835. The van der Waals surface area contributed by atoms with Crippen molar-refractivity contribution < 1.29 is 4.79 Å². The van der Waals surface area contributed by atoms with Gasteiger partial charge in [-0.05, 0) is 39.3 Å². The van der Waals surface area contributed by atoms with Crippen molar-refractivity contribution in [3.05, 3.63) is 22.9 Å². The number of aromatic nitrogens is 1. The van der Waals surface area contributed by atoms with Gasteiger partial charge in [-0.15, -0.1) is 0 Å². The highest BCUT2D eigenvalue weighted by molar-refractivity contribution is 5.81. The Morgan fingerprint density at radius 3 is 2.63 bits per heavy atom. The molecule has 0 aliphatic rings. The minimum Gasteiger partial charge on any atom is -0.355 e. The van der Waals surface area contributed by atoms with Crippen molar-refractivity contribution in [3.8, 4) is 0 Å². The van der Waals surface area contributed by atoms with Gasteiger partial charge in [0.25, 0.3) is 0 Å². The summed E-state index contributed by atoms with van der Waals surface area (Å²) in [7, 11) is 0. The van der Waals surface area contributed by atoms with E-state index in [0.717, 1.165) is 29.2 Å². The lowest BCUT2D eigenvalue weighted by Gasteiger charge is -2.25. The quantitative estimate of drug-likeness (QED) is 0.807. The van der Waals surface area contributed by atoms with Gasteiger partial charge >= 0.3 is 0 Å². The number of pyridine rings is 1. The van der Waals surface area contributed by atoms with Crippen molar-refractivity contribution in [1.29, 1.82) is 0 Å². The molecule has 0 spiro atoms. The third-order valence-electron chi connectivity index (χ3n) is 3.05. The maximum absolute atomic E-state index is 11.7. The maximum atomic E-state index is 11.7. The van der Waals surface area contributed by atoms with Crippen LogP contribution in [-0.2, 0) is 11.3 Å². The zero-order chi connectivity index (χ0) is 14.4. The minimum atomic E-state index is 0.00767. The number of nitrogens with one attached hydrogen (secondary N) is 1. The van der Waals surface area contributed by atoms with Crippen molar-refractivity contribution in [2.45, 2.75) is 34.2 Å². The lowest BCUT2D eigenvalue weighted by Crippen LogP contribution is -2.38. The Kier molecular flexibility index (Phi) is 5.76. The lowest BCUT2D eigenvalue weighted by atomic mass is 10.1. The molecule has 0 radical (unpaired) electrons. The average Bonchev–Trinajstić information content (AvgIpc) is 2.35. The van der Waals surface area contributed by atoms with E-state index in [-0.39, 0.29) is 5.91 Å². The van der Waals surface area contributed by atoms with Crippen LogP contribution in [-0.4, -0.2) is 30.5 Å². The molecule has 1 amide bonds. The number of rotatable bonds is 6. The first-order chi connectivity index (χ1) is 9.03.